The van der Waals surface area contributed by atoms with E-state index in [1.165, 1.54) is 6.33 Å². The first-order chi connectivity index (χ1) is 14.7. The molecule has 1 N–H and O–H groups in total. The summed E-state index contributed by atoms with van der Waals surface area (Å²) < 4.78 is 8.00. The fraction of sp³-hybridized carbons (Fsp3) is 0.273. The Kier molecular flexibility index (Phi) is 4.98. The van der Waals surface area contributed by atoms with Gasteiger partial charge in [-0.3, -0.25) is 4.57 Å². The minimum Gasteiger partial charge on any atom is -0.489 e. The van der Waals surface area contributed by atoms with Gasteiger partial charge in [0.2, 0.25) is 0 Å². The Bertz CT molecular complexity index is 1130. The van der Waals surface area contributed by atoms with Crippen LogP contribution in [0, 0.1) is 0 Å². The average Bonchev–Trinajstić information content (AvgIpc) is 3.21. The molecule has 5 rings (SSSR count). The van der Waals surface area contributed by atoms with Gasteiger partial charge in [0.05, 0.1) is 17.2 Å². The fourth-order valence-corrected chi connectivity index (χ4v) is 3.64. The molecular formula is C22H23N7O. The summed E-state index contributed by atoms with van der Waals surface area (Å²) in [7, 11) is 2.14. The van der Waals surface area contributed by atoms with E-state index in [9.17, 15) is 0 Å². The number of hydrogen-bond donors (Lipinski definition) is 1. The van der Waals surface area contributed by atoms with Crippen molar-refractivity contribution in [3.05, 3.63) is 61.3 Å². The molecule has 0 aliphatic carbocycles. The number of imidazole rings is 1. The molecule has 8 heteroatoms. The van der Waals surface area contributed by atoms with Gasteiger partial charge >= 0.3 is 0 Å². The molecule has 0 unspecified atom stereocenters. The molecule has 4 heterocycles. The normalized spacial score (nSPS) is 15.4. The van der Waals surface area contributed by atoms with E-state index in [1.807, 2.05) is 47.0 Å². The predicted octanol–water partition coefficient (Wildman–Crippen LogP) is 3.43. The number of benzene rings is 1. The minimum absolute atomic E-state index is 0.260. The number of nitrogens with one attached hydrogen (secondary N) is 1. The minimum atomic E-state index is 0.260. The van der Waals surface area contributed by atoms with Crippen LogP contribution in [-0.4, -0.2) is 55.6 Å². The van der Waals surface area contributed by atoms with Crippen LogP contribution in [0.15, 0.2) is 61.3 Å². The van der Waals surface area contributed by atoms with Gasteiger partial charge in [-0.25, -0.2) is 19.9 Å². The number of pyridine rings is 1. The summed E-state index contributed by atoms with van der Waals surface area (Å²) in [6, 6.07) is 13.7. The number of aromatic nitrogens is 5. The van der Waals surface area contributed by atoms with Gasteiger partial charge in [0.1, 0.15) is 42.0 Å². The van der Waals surface area contributed by atoms with Crippen LogP contribution in [0.25, 0.3) is 16.9 Å². The van der Waals surface area contributed by atoms with Gasteiger partial charge in [-0.15, -0.1) is 0 Å². The first kappa shape index (κ1) is 18.5. The highest BCUT2D eigenvalue weighted by atomic mass is 16.5. The number of hydrogen-bond acceptors (Lipinski definition) is 7. The second-order valence-corrected chi connectivity index (χ2v) is 7.49. The van der Waals surface area contributed by atoms with E-state index in [1.54, 1.807) is 12.5 Å². The Balaban J connectivity index is 1.29. The summed E-state index contributed by atoms with van der Waals surface area (Å²) >= 11 is 0. The van der Waals surface area contributed by atoms with Crippen LogP contribution in [-0.2, 0) is 0 Å². The highest BCUT2D eigenvalue weighted by Crippen LogP contribution is 2.22. The molecule has 0 spiro atoms. The van der Waals surface area contributed by atoms with Crippen molar-refractivity contribution in [2.75, 3.05) is 25.5 Å². The number of anilines is 2. The van der Waals surface area contributed by atoms with Crippen molar-refractivity contribution in [3.63, 3.8) is 0 Å². The number of rotatable bonds is 5. The molecule has 1 aliphatic heterocycles. The lowest BCUT2D eigenvalue weighted by Gasteiger charge is -2.29. The molecule has 0 radical (unpaired) electrons. The quantitative estimate of drug-likeness (QED) is 0.549. The largest absolute Gasteiger partial charge is 0.489 e. The van der Waals surface area contributed by atoms with Gasteiger partial charge in [-0.2, -0.15) is 0 Å². The van der Waals surface area contributed by atoms with Gasteiger partial charge < -0.3 is 15.0 Å². The fourth-order valence-electron chi connectivity index (χ4n) is 3.64. The maximum Gasteiger partial charge on any atom is 0.143 e. The smallest absolute Gasteiger partial charge is 0.143 e. The Labute approximate surface area is 174 Å². The Morgan fingerprint density at radius 2 is 1.83 bits per heavy atom. The molecule has 0 atom stereocenters. The van der Waals surface area contributed by atoms with Crippen LogP contribution < -0.4 is 10.1 Å². The summed E-state index contributed by atoms with van der Waals surface area (Å²) in [5, 5.41) is 3.23. The Morgan fingerprint density at radius 3 is 2.67 bits per heavy atom. The van der Waals surface area contributed by atoms with Gasteiger partial charge in [-0.1, -0.05) is 12.1 Å². The molecule has 30 heavy (non-hydrogen) atoms. The van der Waals surface area contributed by atoms with Crippen molar-refractivity contribution in [2.24, 2.45) is 0 Å². The molecule has 4 aromatic rings. The number of para-hydroxylation sites is 2. The number of nitrogens with zero attached hydrogens (tertiary/aromatic N) is 6. The third-order valence-electron chi connectivity index (χ3n) is 5.31. The van der Waals surface area contributed by atoms with Crippen LogP contribution in [0.4, 0.5) is 11.6 Å². The number of likely N-dealkylation sites (tertiary alicyclic amines) is 1. The standard InChI is InChI=1S/C22H23N7O/c1-28-10-8-16(9-11-28)30-17-6-7-20(23-13-17)27-21-12-22(25-14-24-21)29-15-26-18-4-2-3-5-19(18)29/h2-7,12-16H,8-11H2,1H3,(H,23,24,25,27). The zero-order valence-electron chi connectivity index (χ0n) is 16.8. The van der Waals surface area contributed by atoms with Gasteiger partial charge in [0.25, 0.3) is 0 Å². The molecule has 1 aliphatic rings. The third kappa shape index (κ3) is 3.95. The Morgan fingerprint density at radius 1 is 0.967 bits per heavy atom. The molecule has 0 amide bonds. The van der Waals surface area contributed by atoms with Crippen LogP contribution in [0.1, 0.15) is 12.8 Å². The topological polar surface area (TPSA) is 81.0 Å². The van der Waals surface area contributed by atoms with E-state index in [-0.39, 0.29) is 6.10 Å². The summed E-state index contributed by atoms with van der Waals surface area (Å²) in [6.45, 7) is 2.14. The van der Waals surface area contributed by atoms with E-state index >= 15 is 0 Å². The Hall–Kier alpha value is -3.52. The molecule has 0 saturated carbocycles. The monoisotopic (exact) mass is 401 g/mol. The summed E-state index contributed by atoms with van der Waals surface area (Å²) in [5.74, 6) is 2.90. The molecule has 1 fully saturated rings. The number of fused-ring (bicyclic) bond motifs is 1. The number of ether oxygens (including phenoxy) is 1. The lowest BCUT2D eigenvalue weighted by molar-refractivity contribution is 0.114. The van der Waals surface area contributed by atoms with Crippen molar-refractivity contribution in [1.29, 1.82) is 0 Å². The second-order valence-electron chi connectivity index (χ2n) is 7.49. The van der Waals surface area contributed by atoms with Gasteiger partial charge in [0.15, 0.2) is 0 Å². The van der Waals surface area contributed by atoms with E-state index in [0.717, 1.165) is 48.5 Å². The predicted molar refractivity (Wildman–Crippen MR) is 115 cm³/mol. The second kappa shape index (κ2) is 8.08. The van der Waals surface area contributed by atoms with Gasteiger partial charge in [-0.05, 0) is 44.2 Å². The number of piperidine rings is 1. The lowest BCUT2D eigenvalue weighted by atomic mass is 10.1. The van der Waals surface area contributed by atoms with E-state index in [0.29, 0.717) is 11.6 Å². The van der Waals surface area contributed by atoms with E-state index < -0.39 is 0 Å². The van der Waals surface area contributed by atoms with Crippen LogP contribution >= 0.6 is 0 Å². The summed E-state index contributed by atoms with van der Waals surface area (Å²) in [5.41, 5.74) is 1.92. The van der Waals surface area contributed by atoms with E-state index in [2.05, 4.69) is 37.2 Å². The zero-order chi connectivity index (χ0) is 20.3. The highest BCUT2D eigenvalue weighted by molar-refractivity contribution is 5.77. The third-order valence-corrected chi connectivity index (χ3v) is 5.31. The van der Waals surface area contributed by atoms with Crippen molar-refractivity contribution in [2.45, 2.75) is 18.9 Å². The zero-order valence-corrected chi connectivity index (χ0v) is 16.8. The van der Waals surface area contributed by atoms with Crippen LogP contribution in [0.2, 0.25) is 0 Å². The van der Waals surface area contributed by atoms with Crippen molar-refractivity contribution in [1.82, 2.24) is 29.4 Å². The van der Waals surface area contributed by atoms with E-state index in [4.69, 9.17) is 4.74 Å². The highest BCUT2D eigenvalue weighted by Gasteiger charge is 2.18. The average molecular weight is 401 g/mol. The van der Waals surface area contributed by atoms with Crippen LogP contribution in [0.5, 0.6) is 5.75 Å². The summed E-state index contributed by atoms with van der Waals surface area (Å²) in [4.78, 5) is 19.9. The molecule has 152 valence electrons. The summed E-state index contributed by atoms with van der Waals surface area (Å²) in [6.07, 6.45) is 7.41. The SMILES string of the molecule is CN1CCC(Oc2ccc(Nc3cc(-n4cnc5ccccc54)ncn3)nc2)CC1. The van der Waals surface area contributed by atoms with Crippen molar-refractivity contribution < 1.29 is 4.74 Å². The molecule has 3 aromatic heterocycles. The maximum absolute atomic E-state index is 6.06. The van der Waals surface area contributed by atoms with Gasteiger partial charge in [0, 0.05) is 19.2 Å². The van der Waals surface area contributed by atoms with Crippen LogP contribution in [0.3, 0.4) is 0 Å². The van der Waals surface area contributed by atoms with Crippen molar-refractivity contribution >= 4 is 22.7 Å². The first-order valence-corrected chi connectivity index (χ1v) is 10.1. The lowest BCUT2D eigenvalue weighted by Crippen LogP contribution is -2.35. The first-order valence-electron chi connectivity index (χ1n) is 10.1. The maximum atomic E-state index is 6.06. The molecule has 1 aromatic carbocycles. The molecular weight excluding hydrogens is 378 g/mol. The van der Waals surface area contributed by atoms with Crippen molar-refractivity contribution in [3.8, 4) is 11.6 Å². The molecule has 8 nitrogen and oxygen atoms in total. The molecule has 1 saturated heterocycles. The molecule has 0 bridgehead atoms.